The van der Waals surface area contributed by atoms with Gasteiger partial charge in [-0.1, -0.05) is 18.1 Å². The van der Waals surface area contributed by atoms with Gasteiger partial charge in [-0.3, -0.25) is 9.59 Å². The minimum absolute atomic E-state index is 0.0239. The molecule has 106 valence electrons. The Balaban J connectivity index is 2.01. The molecular formula is C17H14O4. The van der Waals surface area contributed by atoms with Gasteiger partial charge >= 0.3 is 0 Å². The average Bonchev–Trinajstić information content (AvgIpc) is 2.48. The van der Waals surface area contributed by atoms with Gasteiger partial charge in [-0.05, 0) is 35.9 Å². The molecule has 1 atom stereocenters. The number of ketones is 2. The van der Waals surface area contributed by atoms with Crippen LogP contribution in [0.25, 0.3) is 0 Å². The Labute approximate surface area is 122 Å². The largest absolute Gasteiger partial charge is 0.489 e. The van der Waals surface area contributed by atoms with Crippen molar-refractivity contribution in [1.82, 2.24) is 0 Å². The van der Waals surface area contributed by atoms with Gasteiger partial charge in [0.2, 0.25) is 0 Å². The van der Waals surface area contributed by atoms with E-state index in [1.165, 1.54) is 18.2 Å². The van der Waals surface area contributed by atoms with Crippen molar-refractivity contribution < 1.29 is 19.4 Å². The molecule has 0 saturated carbocycles. The van der Waals surface area contributed by atoms with Gasteiger partial charge in [0.15, 0.2) is 11.6 Å². The first-order chi connectivity index (χ1) is 10.1. The topological polar surface area (TPSA) is 63.6 Å². The standard InChI is InChI=1S/C17H14O4/c1-2-14(18)8-12-4-3-5-16(9-12)21-11-13-10-15(19)6-7-17(13)20/h1,3-7,9-10,14,18H,8,11H2. The van der Waals surface area contributed by atoms with E-state index in [-0.39, 0.29) is 18.2 Å². The van der Waals surface area contributed by atoms with Crippen molar-refractivity contribution in [1.29, 1.82) is 0 Å². The molecule has 2 rings (SSSR count). The third-order valence-corrected chi connectivity index (χ3v) is 2.95. The van der Waals surface area contributed by atoms with Crippen LogP contribution in [0.3, 0.4) is 0 Å². The van der Waals surface area contributed by atoms with Gasteiger partial charge in [-0.2, -0.15) is 0 Å². The van der Waals surface area contributed by atoms with Crippen LogP contribution < -0.4 is 4.74 Å². The summed E-state index contributed by atoms with van der Waals surface area (Å²) in [6, 6.07) is 7.07. The monoisotopic (exact) mass is 282 g/mol. The fourth-order valence-electron chi connectivity index (χ4n) is 1.87. The van der Waals surface area contributed by atoms with Gasteiger partial charge in [0.1, 0.15) is 18.5 Å². The number of ether oxygens (including phenoxy) is 1. The summed E-state index contributed by atoms with van der Waals surface area (Å²) in [5.74, 6) is 2.34. The highest BCUT2D eigenvalue weighted by Crippen LogP contribution is 2.16. The zero-order valence-corrected chi connectivity index (χ0v) is 11.3. The molecule has 0 aromatic heterocycles. The molecule has 21 heavy (non-hydrogen) atoms. The Morgan fingerprint density at radius 3 is 2.86 bits per heavy atom. The molecule has 0 saturated heterocycles. The van der Waals surface area contributed by atoms with Crippen molar-refractivity contribution in [3.8, 4) is 18.1 Å². The summed E-state index contributed by atoms with van der Waals surface area (Å²) in [5, 5.41) is 9.42. The second kappa shape index (κ2) is 6.69. The Bertz CT molecular complexity index is 662. The van der Waals surface area contributed by atoms with Crippen LogP contribution in [-0.2, 0) is 16.0 Å². The normalized spacial score (nSPS) is 15.3. The van der Waals surface area contributed by atoms with E-state index in [1.54, 1.807) is 18.2 Å². The first-order valence-corrected chi connectivity index (χ1v) is 6.41. The molecule has 0 spiro atoms. The molecule has 4 heteroatoms. The van der Waals surface area contributed by atoms with E-state index in [4.69, 9.17) is 11.2 Å². The van der Waals surface area contributed by atoms with Crippen LogP contribution >= 0.6 is 0 Å². The molecule has 0 aliphatic heterocycles. The van der Waals surface area contributed by atoms with Crippen LogP contribution in [0.4, 0.5) is 0 Å². The lowest BCUT2D eigenvalue weighted by molar-refractivity contribution is -0.114. The highest BCUT2D eigenvalue weighted by Gasteiger charge is 2.13. The average molecular weight is 282 g/mol. The van der Waals surface area contributed by atoms with Gasteiger partial charge in [0.25, 0.3) is 0 Å². The Morgan fingerprint density at radius 1 is 1.29 bits per heavy atom. The van der Waals surface area contributed by atoms with Crippen LogP contribution in [0.5, 0.6) is 5.75 Å². The van der Waals surface area contributed by atoms with E-state index in [1.807, 2.05) is 6.07 Å². The summed E-state index contributed by atoms with van der Waals surface area (Å²) in [6.45, 7) is 0.0239. The minimum Gasteiger partial charge on any atom is -0.489 e. The zero-order chi connectivity index (χ0) is 15.2. The Kier molecular flexibility index (Phi) is 4.70. The molecule has 1 aliphatic rings. The number of aliphatic hydroxyl groups excluding tert-OH is 1. The predicted molar refractivity (Wildman–Crippen MR) is 77.7 cm³/mol. The maximum atomic E-state index is 11.6. The van der Waals surface area contributed by atoms with Crippen molar-refractivity contribution in [3.05, 3.63) is 53.6 Å². The molecule has 1 aromatic carbocycles. The number of terminal acetylenes is 1. The summed E-state index contributed by atoms with van der Waals surface area (Å²) < 4.78 is 5.51. The molecule has 1 N–H and O–H groups in total. The summed E-state index contributed by atoms with van der Waals surface area (Å²) in [5.41, 5.74) is 1.15. The Hall–Kier alpha value is -2.64. The number of aliphatic hydroxyl groups is 1. The number of hydrogen-bond donors (Lipinski definition) is 1. The quantitative estimate of drug-likeness (QED) is 0.652. The van der Waals surface area contributed by atoms with Gasteiger partial charge in [-0.15, -0.1) is 6.42 Å². The van der Waals surface area contributed by atoms with E-state index in [0.717, 1.165) is 5.56 Å². The van der Waals surface area contributed by atoms with Crippen LogP contribution in [-0.4, -0.2) is 29.4 Å². The fraction of sp³-hybridized carbons (Fsp3) is 0.176. The van der Waals surface area contributed by atoms with Crippen molar-refractivity contribution >= 4 is 11.6 Å². The van der Waals surface area contributed by atoms with Gasteiger partial charge in [0.05, 0.1) is 0 Å². The lowest BCUT2D eigenvalue weighted by Crippen LogP contribution is -2.14. The smallest absolute Gasteiger partial charge is 0.185 e. The molecule has 1 aliphatic carbocycles. The fourth-order valence-corrected chi connectivity index (χ4v) is 1.87. The van der Waals surface area contributed by atoms with Crippen molar-refractivity contribution in [3.63, 3.8) is 0 Å². The Morgan fingerprint density at radius 2 is 2.10 bits per heavy atom. The van der Waals surface area contributed by atoms with E-state index in [9.17, 15) is 14.7 Å². The number of hydrogen-bond acceptors (Lipinski definition) is 4. The molecule has 0 amide bonds. The highest BCUT2D eigenvalue weighted by molar-refractivity contribution is 6.17. The minimum atomic E-state index is -0.842. The first kappa shape index (κ1) is 14.8. The molecule has 0 fully saturated rings. The number of allylic oxidation sites excluding steroid dienone is 3. The van der Waals surface area contributed by atoms with Gasteiger partial charge < -0.3 is 9.84 Å². The summed E-state index contributed by atoms with van der Waals surface area (Å²) >= 11 is 0. The van der Waals surface area contributed by atoms with E-state index in [0.29, 0.717) is 17.7 Å². The van der Waals surface area contributed by atoms with Crippen LogP contribution in [0.1, 0.15) is 5.56 Å². The molecule has 1 aromatic rings. The molecular weight excluding hydrogens is 268 g/mol. The maximum Gasteiger partial charge on any atom is 0.185 e. The third-order valence-electron chi connectivity index (χ3n) is 2.95. The van der Waals surface area contributed by atoms with Crippen molar-refractivity contribution in [2.75, 3.05) is 6.61 Å². The summed E-state index contributed by atoms with van der Waals surface area (Å²) in [7, 11) is 0. The SMILES string of the molecule is C#CC(O)Cc1cccc(OCC2=CC(=O)C=CC2=O)c1. The molecule has 0 radical (unpaired) electrons. The summed E-state index contributed by atoms with van der Waals surface area (Å²) in [6.07, 6.45) is 8.35. The molecule has 0 heterocycles. The number of carbonyl (C=O) groups excluding carboxylic acids is 2. The second-order valence-electron chi connectivity index (χ2n) is 4.59. The molecule has 4 nitrogen and oxygen atoms in total. The zero-order valence-electron chi connectivity index (χ0n) is 11.3. The second-order valence-corrected chi connectivity index (χ2v) is 4.59. The number of carbonyl (C=O) groups is 2. The first-order valence-electron chi connectivity index (χ1n) is 6.41. The maximum absolute atomic E-state index is 11.6. The van der Waals surface area contributed by atoms with E-state index >= 15 is 0 Å². The van der Waals surface area contributed by atoms with Crippen LogP contribution in [0.2, 0.25) is 0 Å². The third kappa shape index (κ3) is 4.16. The van der Waals surface area contributed by atoms with Crippen molar-refractivity contribution in [2.24, 2.45) is 0 Å². The number of rotatable bonds is 5. The lowest BCUT2D eigenvalue weighted by Gasteiger charge is -2.11. The van der Waals surface area contributed by atoms with Crippen LogP contribution in [0.15, 0.2) is 48.1 Å². The van der Waals surface area contributed by atoms with E-state index < -0.39 is 6.10 Å². The number of benzene rings is 1. The van der Waals surface area contributed by atoms with E-state index in [2.05, 4.69) is 5.92 Å². The molecule has 0 bridgehead atoms. The van der Waals surface area contributed by atoms with Gasteiger partial charge in [-0.25, -0.2) is 0 Å². The van der Waals surface area contributed by atoms with Crippen LogP contribution in [0, 0.1) is 12.3 Å². The lowest BCUT2D eigenvalue weighted by atomic mass is 10.0. The summed E-state index contributed by atoms with van der Waals surface area (Å²) in [4.78, 5) is 22.8. The molecule has 1 unspecified atom stereocenters. The van der Waals surface area contributed by atoms with Gasteiger partial charge in [0, 0.05) is 12.0 Å². The predicted octanol–water partition coefficient (Wildman–Crippen LogP) is 1.24. The highest BCUT2D eigenvalue weighted by atomic mass is 16.5. The van der Waals surface area contributed by atoms with Crippen molar-refractivity contribution in [2.45, 2.75) is 12.5 Å².